The first-order chi connectivity index (χ1) is 10.1. The van der Waals surface area contributed by atoms with Gasteiger partial charge in [0.15, 0.2) is 0 Å². The fraction of sp³-hybridized carbons (Fsp3) is 0.611. The van der Waals surface area contributed by atoms with E-state index in [-0.39, 0.29) is 18.1 Å². The van der Waals surface area contributed by atoms with Crippen molar-refractivity contribution in [2.45, 2.75) is 58.3 Å². The van der Waals surface area contributed by atoms with Crippen LogP contribution in [0, 0.1) is 23.5 Å². The number of hydrogen-bond acceptors (Lipinski definition) is 1. The van der Waals surface area contributed by atoms with E-state index in [1.807, 2.05) is 0 Å². The summed E-state index contributed by atoms with van der Waals surface area (Å²) in [5.41, 5.74) is 0.450. The van der Waals surface area contributed by atoms with Gasteiger partial charge in [0.2, 0.25) is 0 Å². The number of carbonyl (C=O) groups excluding carboxylic acids is 1. The molecule has 0 N–H and O–H groups in total. The minimum atomic E-state index is -0.610. The van der Waals surface area contributed by atoms with E-state index in [4.69, 9.17) is 0 Å². The van der Waals surface area contributed by atoms with Gasteiger partial charge in [-0.1, -0.05) is 26.2 Å². The van der Waals surface area contributed by atoms with Crippen molar-refractivity contribution in [3.8, 4) is 0 Å². The van der Waals surface area contributed by atoms with Crippen LogP contribution in [0.15, 0.2) is 18.2 Å². The van der Waals surface area contributed by atoms with Crippen molar-refractivity contribution in [2.75, 3.05) is 0 Å². The van der Waals surface area contributed by atoms with Crippen LogP contribution in [0.2, 0.25) is 0 Å². The third kappa shape index (κ3) is 4.90. The van der Waals surface area contributed by atoms with Crippen LogP contribution in [0.1, 0.15) is 57.4 Å². The molecule has 1 aromatic carbocycles. The lowest BCUT2D eigenvalue weighted by atomic mass is 9.77. The molecule has 0 spiro atoms. The topological polar surface area (TPSA) is 17.1 Å². The molecule has 1 nitrogen and oxygen atoms in total. The minimum Gasteiger partial charge on any atom is -0.299 e. The Balaban J connectivity index is 1.84. The predicted octanol–water partition coefficient (Wildman–Crippen LogP) is 5.07. The molecule has 1 aliphatic rings. The van der Waals surface area contributed by atoms with Gasteiger partial charge < -0.3 is 0 Å². The number of unbranched alkanes of at least 4 members (excludes halogenated alkanes) is 1. The molecule has 3 heteroatoms. The first kappa shape index (κ1) is 16.1. The maximum absolute atomic E-state index is 13.1. The number of rotatable bonds is 6. The second-order valence-corrected chi connectivity index (χ2v) is 6.28. The van der Waals surface area contributed by atoms with E-state index >= 15 is 0 Å². The number of halogens is 2. The van der Waals surface area contributed by atoms with Crippen LogP contribution in [0.25, 0.3) is 0 Å². The van der Waals surface area contributed by atoms with Gasteiger partial charge in [0, 0.05) is 18.4 Å². The Bertz CT molecular complexity index is 456. The molecule has 0 heterocycles. The maximum Gasteiger partial charge on any atom is 0.140 e. The lowest BCUT2D eigenvalue weighted by Crippen LogP contribution is -2.23. The van der Waals surface area contributed by atoms with Gasteiger partial charge in [0.25, 0.3) is 0 Å². The number of Topliss-reactive ketones (excluding diaryl/α,β-unsaturated/α-hetero) is 1. The quantitative estimate of drug-likeness (QED) is 0.715. The second kappa shape index (κ2) is 7.67. The van der Waals surface area contributed by atoms with Gasteiger partial charge in [-0.05, 0) is 49.3 Å². The molecular formula is C18H24F2O. The smallest absolute Gasteiger partial charge is 0.140 e. The van der Waals surface area contributed by atoms with Gasteiger partial charge in [0.05, 0.1) is 0 Å². The Hall–Kier alpha value is -1.25. The van der Waals surface area contributed by atoms with Crippen LogP contribution in [0.5, 0.6) is 0 Å². The summed E-state index contributed by atoms with van der Waals surface area (Å²) in [6.45, 7) is 2.20. The van der Waals surface area contributed by atoms with Gasteiger partial charge in [-0.25, -0.2) is 8.78 Å². The Morgan fingerprint density at radius 3 is 2.29 bits per heavy atom. The average Bonchev–Trinajstić information content (AvgIpc) is 2.44. The molecule has 1 aliphatic carbocycles. The predicted molar refractivity (Wildman–Crippen MR) is 80.0 cm³/mol. The highest BCUT2D eigenvalue weighted by atomic mass is 19.1. The van der Waals surface area contributed by atoms with Crippen LogP contribution in [-0.2, 0) is 11.2 Å². The molecule has 116 valence electrons. The van der Waals surface area contributed by atoms with Gasteiger partial charge in [0.1, 0.15) is 17.4 Å². The monoisotopic (exact) mass is 294 g/mol. The summed E-state index contributed by atoms with van der Waals surface area (Å²) in [6.07, 6.45) is 8.03. The summed E-state index contributed by atoms with van der Waals surface area (Å²) < 4.78 is 26.3. The molecule has 1 aromatic rings. The summed E-state index contributed by atoms with van der Waals surface area (Å²) in [4.78, 5) is 12.3. The highest BCUT2D eigenvalue weighted by molar-refractivity contribution is 5.83. The highest BCUT2D eigenvalue weighted by Crippen LogP contribution is 2.32. The van der Waals surface area contributed by atoms with Crippen molar-refractivity contribution in [1.29, 1.82) is 0 Å². The summed E-state index contributed by atoms with van der Waals surface area (Å²) in [5, 5.41) is 0. The Morgan fingerprint density at radius 2 is 1.71 bits per heavy atom. The largest absolute Gasteiger partial charge is 0.299 e. The van der Waals surface area contributed by atoms with Crippen molar-refractivity contribution in [3.63, 3.8) is 0 Å². The van der Waals surface area contributed by atoms with Crippen molar-refractivity contribution < 1.29 is 13.6 Å². The van der Waals surface area contributed by atoms with Gasteiger partial charge in [-0.15, -0.1) is 0 Å². The zero-order chi connectivity index (χ0) is 15.2. The first-order valence-electron chi connectivity index (χ1n) is 8.06. The number of benzene rings is 1. The van der Waals surface area contributed by atoms with Gasteiger partial charge in [-0.2, -0.15) is 0 Å². The maximum atomic E-state index is 13.1. The molecule has 2 rings (SSSR count). The fourth-order valence-corrected chi connectivity index (χ4v) is 3.32. The SMILES string of the molecule is CCCCC1CCC(C(=O)Cc2cc(F)cc(F)c2)CC1. The molecule has 0 aromatic heterocycles. The molecular weight excluding hydrogens is 270 g/mol. The van der Waals surface area contributed by atoms with E-state index in [9.17, 15) is 13.6 Å². The summed E-state index contributed by atoms with van der Waals surface area (Å²) >= 11 is 0. The van der Waals surface area contributed by atoms with E-state index < -0.39 is 11.6 Å². The van der Waals surface area contributed by atoms with Crippen LogP contribution in [0.4, 0.5) is 8.78 Å². The normalized spacial score (nSPS) is 22.2. The number of carbonyl (C=O) groups is 1. The lowest BCUT2D eigenvalue weighted by Gasteiger charge is -2.27. The van der Waals surface area contributed by atoms with Gasteiger partial charge >= 0.3 is 0 Å². The van der Waals surface area contributed by atoms with E-state index in [0.717, 1.165) is 37.7 Å². The van der Waals surface area contributed by atoms with E-state index in [1.54, 1.807) is 0 Å². The van der Waals surface area contributed by atoms with E-state index in [1.165, 1.54) is 31.4 Å². The highest BCUT2D eigenvalue weighted by Gasteiger charge is 2.25. The van der Waals surface area contributed by atoms with Crippen LogP contribution >= 0.6 is 0 Å². The average molecular weight is 294 g/mol. The van der Waals surface area contributed by atoms with Crippen molar-refractivity contribution in [1.82, 2.24) is 0 Å². The summed E-state index contributed by atoms with van der Waals surface area (Å²) in [7, 11) is 0. The van der Waals surface area contributed by atoms with Gasteiger partial charge in [-0.3, -0.25) is 4.79 Å². The first-order valence-corrected chi connectivity index (χ1v) is 8.06. The molecule has 0 aliphatic heterocycles. The zero-order valence-corrected chi connectivity index (χ0v) is 12.7. The Kier molecular flexibility index (Phi) is 5.89. The molecule has 0 radical (unpaired) electrons. The zero-order valence-electron chi connectivity index (χ0n) is 12.7. The fourth-order valence-electron chi connectivity index (χ4n) is 3.32. The van der Waals surface area contributed by atoms with Crippen LogP contribution < -0.4 is 0 Å². The Morgan fingerprint density at radius 1 is 1.10 bits per heavy atom. The molecule has 0 unspecified atom stereocenters. The molecule has 1 fully saturated rings. The summed E-state index contributed by atoms with van der Waals surface area (Å²) in [5.74, 6) is -0.245. The minimum absolute atomic E-state index is 0.0780. The molecule has 0 amide bonds. The Labute approximate surface area is 125 Å². The van der Waals surface area contributed by atoms with Crippen LogP contribution in [-0.4, -0.2) is 5.78 Å². The molecule has 0 atom stereocenters. The number of ketones is 1. The molecule has 21 heavy (non-hydrogen) atoms. The second-order valence-electron chi connectivity index (χ2n) is 6.28. The lowest BCUT2D eigenvalue weighted by molar-refractivity contribution is -0.123. The third-order valence-corrected chi connectivity index (χ3v) is 4.57. The third-order valence-electron chi connectivity index (χ3n) is 4.57. The standard InChI is InChI=1S/C18H24F2O/c1-2-3-4-13-5-7-15(8-6-13)18(21)11-14-9-16(19)12-17(20)10-14/h9-10,12-13,15H,2-8,11H2,1H3. The number of hydrogen-bond donors (Lipinski definition) is 0. The molecule has 0 bridgehead atoms. The van der Waals surface area contributed by atoms with E-state index in [2.05, 4.69) is 6.92 Å². The van der Waals surface area contributed by atoms with Crippen molar-refractivity contribution >= 4 is 5.78 Å². The van der Waals surface area contributed by atoms with Crippen molar-refractivity contribution in [3.05, 3.63) is 35.4 Å². The molecule has 1 saturated carbocycles. The van der Waals surface area contributed by atoms with Crippen LogP contribution in [0.3, 0.4) is 0 Å². The summed E-state index contributed by atoms with van der Waals surface area (Å²) in [6, 6.07) is 3.36. The van der Waals surface area contributed by atoms with Crippen molar-refractivity contribution in [2.24, 2.45) is 11.8 Å². The van der Waals surface area contributed by atoms with E-state index in [0.29, 0.717) is 5.56 Å². The molecule has 0 saturated heterocycles.